The molecule has 1 aliphatic rings. The van der Waals surface area contributed by atoms with Crippen LogP contribution >= 0.6 is 35.6 Å². The number of halogens is 2. The molecular formula is C20H15ClFNO3S2. The Kier molecular flexibility index (Phi) is 6.83. The normalized spacial score (nSPS) is 15.4. The first-order valence-electron chi connectivity index (χ1n) is 8.33. The van der Waals surface area contributed by atoms with Crippen LogP contribution < -0.4 is 0 Å². The quantitative estimate of drug-likeness (QED) is 0.370. The highest BCUT2D eigenvalue weighted by Crippen LogP contribution is 2.32. The van der Waals surface area contributed by atoms with Crippen LogP contribution in [0.2, 0.25) is 5.02 Å². The fraction of sp³-hybridized carbons (Fsp3) is 0.150. The molecule has 1 saturated heterocycles. The third kappa shape index (κ3) is 5.41. The molecule has 2 aromatic carbocycles. The molecule has 0 N–H and O–H groups in total. The van der Waals surface area contributed by atoms with Crippen molar-refractivity contribution in [2.75, 3.05) is 6.54 Å². The van der Waals surface area contributed by atoms with Crippen LogP contribution in [0.25, 0.3) is 6.08 Å². The summed E-state index contributed by atoms with van der Waals surface area (Å²) < 4.78 is 18.6. The lowest BCUT2D eigenvalue weighted by Gasteiger charge is -2.13. The third-order valence-corrected chi connectivity index (χ3v) is 5.48. The lowest BCUT2D eigenvalue weighted by Crippen LogP contribution is -2.30. The number of nitrogens with zero attached hydrogens (tertiary/aromatic N) is 1. The highest BCUT2D eigenvalue weighted by Gasteiger charge is 2.32. The van der Waals surface area contributed by atoms with Gasteiger partial charge < -0.3 is 4.74 Å². The number of ether oxygens (including phenoxy) is 1. The smallest absolute Gasteiger partial charge is 0.307 e. The van der Waals surface area contributed by atoms with Gasteiger partial charge in [0.15, 0.2) is 0 Å². The van der Waals surface area contributed by atoms with Gasteiger partial charge in [0.2, 0.25) is 0 Å². The van der Waals surface area contributed by atoms with Crippen molar-refractivity contribution in [3.05, 3.63) is 75.4 Å². The number of esters is 1. The molecule has 1 amide bonds. The van der Waals surface area contributed by atoms with Crippen LogP contribution in [0.15, 0.2) is 53.4 Å². The monoisotopic (exact) mass is 435 g/mol. The van der Waals surface area contributed by atoms with E-state index in [0.29, 0.717) is 19.8 Å². The molecule has 3 rings (SSSR count). The molecule has 0 unspecified atom stereocenters. The summed E-state index contributed by atoms with van der Waals surface area (Å²) in [6, 6.07) is 12.8. The van der Waals surface area contributed by atoms with Crippen LogP contribution in [-0.4, -0.2) is 27.6 Å². The van der Waals surface area contributed by atoms with Gasteiger partial charge >= 0.3 is 5.97 Å². The third-order valence-electron chi connectivity index (χ3n) is 3.87. The molecule has 0 saturated carbocycles. The van der Waals surface area contributed by atoms with E-state index in [1.54, 1.807) is 42.5 Å². The summed E-state index contributed by atoms with van der Waals surface area (Å²) in [6.45, 7) is 0.252. The van der Waals surface area contributed by atoms with Gasteiger partial charge in [0.25, 0.3) is 5.91 Å². The molecule has 144 valence electrons. The van der Waals surface area contributed by atoms with Crippen molar-refractivity contribution >= 4 is 57.9 Å². The average Bonchev–Trinajstić information content (AvgIpc) is 2.93. The first-order chi connectivity index (χ1) is 13.4. The van der Waals surface area contributed by atoms with Crippen LogP contribution in [0.5, 0.6) is 0 Å². The van der Waals surface area contributed by atoms with Gasteiger partial charge in [-0.05, 0) is 41.5 Å². The Morgan fingerprint density at radius 1 is 1.25 bits per heavy atom. The lowest BCUT2D eigenvalue weighted by atomic mass is 10.2. The summed E-state index contributed by atoms with van der Waals surface area (Å²) in [5.74, 6) is -1.06. The Hall–Kier alpha value is -2.22. The Bertz CT molecular complexity index is 947. The number of carbonyl (C=O) groups is 2. The Morgan fingerprint density at radius 2 is 2.00 bits per heavy atom. The van der Waals surface area contributed by atoms with E-state index < -0.39 is 5.97 Å². The van der Waals surface area contributed by atoms with E-state index in [1.165, 1.54) is 17.0 Å². The van der Waals surface area contributed by atoms with E-state index in [0.717, 1.165) is 17.3 Å². The number of carbonyl (C=O) groups excluding carboxylic acids is 2. The SMILES string of the molecule is O=C(CCN1C(=O)/C(=C\c2ccc(F)cc2)SC1=S)OCc1cccc(Cl)c1. The van der Waals surface area contributed by atoms with Gasteiger partial charge in [0, 0.05) is 11.6 Å². The number of benzene rings is 2. The summed E-state index contributed by atoms with van der Waals surface area (Å²) in [5.41, 5.74) is 1.48. The molecule has 0 radical (unpaired) electrons. The van der Waals surface area contributed by atoms with Crippen molar-refractivity contribution in [2.24, 2.45) is 0 Å². The molecule has 1 fully saturated rings. The van der Waals surface area contributed by atoms with E-state index in [1.807, 2.05) is 0 Å². The molecule has 0 aromatic heterocycles. The largest absolute Gasteiger partial charge is 0.461 e. The molecule has 0 aliphatic carbocycles. The van der Waals surface area contributed by atoms with Gasteiger partial charge in [-0.15, -0.1) is 0 Å². The average molecular weight is 436 g/mol. The van der Waals surface area contributed by atoms with E-state index in [2.05, 4.69) is 0 Å². The Labute approximate surface area is 176 Å². The predicted molar refractivity (Wildman–Crippen MR) is 112 cm³/mol. The van der Waals surface area contributed by atoms with E-state index in [4.69, 9.17) is 28.6 Å². The van der Waals surface area contributed by atoms with Crippen molar-refractivity contribution in [1.29, 1.82) is 0 Å². The fourth-order valence-corrected chi connectivity index (χ4v) is 3.99. The number of rotatable bonds is 6. The zero-order valence-corrected chi connectivity index (χ0v) is 17.0. The number of amides is 1. The van der Waals surface area contributed by atoms with Crippen molar-refractivity contribution in [1.82, 2.24) is 4.90 Å². The second-order valence-corrected chi connectivity index (χ2v) is 8.04. The molecule has 2 aromatic rings. The van der Waals surface area contributed by atoms with Gasteiger partial charge in [-0.2, -0.15) is 0 Å². The number of hydrogen-bond donors (Lipinski definition) is 0. The molecule has 28 heavy (non-hydrogen) atoms. The van der Waals surface area contributed by atoms with Crippen LogP contribution in [-0.2, 0) is 20.9 Å². The zero-order chi connectivity index (χ0) is 20.1. The topological polar surface area (TPSA) is 46.6 Å². The van der Waals surface area contributed by atoms with Crippen LogP contribution in [0.1, 0.15) is 17.5 Å². The molecule has 0 bridgehead atoms. The Morgan fingerprint density at radius 3 is 2.71 bits per heavy atom. The molecule has 0 spiro atoms. The maximum atomic E-state index is 13.0. The van der Waals surface area contributed by atoms with Gasteiger partial charge in [0.05, 0.1) is 11.3 Å². The number of hydrogen-bond acceptors (Lipinski definition) is 5. The van der Waals surface area contributed by atoms with Gasteiger partial charge in [0.1, 0.15) is 16.7 Å². The predicted octanol–water partition coefficient (Wildman–Crippen LogP) is 4.81. The van der Waals surface area contributed by atoms with Gasteiger partial charge in [-0.25, -0.2) is 4.39 Å². The highest BCUT2D eigenvalue weighted by atomic mass is 35.5. The van der Waals surface area contributed by atoms with Crippen molar-refractivity contribution < 1.29 is 18.7 Å². The molecule has 8 heteroatoms. The maximum absolute atomic E-state index is 13.0. The van der Waals surface area contributed by atoms with E-state index >= 15 is 0 Å². The molecule has 1 heterocycles. The van der Waals surface area contributed by atoms with Gasteiger partial charge in [-0.3, -0.25) is 14.5 Å². The highest BCUT2D eigenvalue weighted by molar-refractivity contribution is 8.26. The number of thioether (sulfide) groups is 1. The van der Waals surface area contributed by atoms with Gasteiger partial charge in [-0.1, -0.05) is 59.8 Å². The van der Waals surface area contributed by atoms with Crippen molar-refractivity contribution in [3.8, 4) is 0 Å². The van der Waals surface area contributed by atoms with Crippen LogP contribution in [0.4, 0.5) is 4.39 Å². The standard InChI is InChI=1S/C20H15ClFNO3S2/c21-15-3-1-2-14(10-15)12-26-18(24)8-9-23-19(25)17(28-20(23)27)11-13-4-6-16(22)7-5-13/h1-7,10-11H,8-9,12H2/b17-11+. The van der Waals surface area contributed by atoms with Crippen molar-refractivity contribution in [3.63, 3.8) is 0 Å². The number of thiocarbonyl (C=S) groups is 1. The van der Waals surface area contributed by atoms with E-state index in [9.17, 15) is 14.0 Å². The summed E-state index contributed by atoms with van der Waals surface area (Å²) >= 11 is 12.3. The first kappa shape index (κ1) is 20.5. The Balaban J connectivity index is 1.54. The molecule has 1 aliphatic heterocycles. The molecule has 4 nitrogen and oxygen atoms in total. The summed E-state index contributed by atoms with van der Waals surface area (Å²) in [7, 11) is 0. The summed E-state index contributed by atoms with van der Waals surface area (Å²) in [6.07, 6.45) is 1.67. The fourth-order valence-electron chi connectivity index (χ4n) is 2.47. The zero-order valence-electron chi connectivity index (χ0n) is 14.6. The second kappa shape index (κ2) is 9.32. The minimum absolute atomic E-state index is 0.0246. The first-order valence-corrected chi connectivity index (χ1v) is 9.93. The summed E-state index contributed by atoms with van der Waals surface area (Å²) in [5, 5.41) is 0.569. The molecular weight excluding hydrogens is 421 g/mol. The van der Waals surface area contributed by atoms with Crippen LogP contribution in [0, 0.1) is 5.82 Å². The van der Waals surface area contributed by atoms with E-state index in [-0.39, 0.29) is 31.3 Å². The second-order valence-electron chi connectivity index (χ2n) is 5.93. The van der Waals surface area contributed by atoms with Crippen LogP contribution in [0.3, 0.4) is 0 Å². The maximum Gasteiger partial charge on any atom is 0.307 e. The summed E-state index contributed by atoms with van der Waals surface area (Å²) in [4.78, 5) is 26.3. The minimum Gasteiger partial charge on any atom is -0.461 e. The van der Waals surface area contributed by atoms with Crippen molar-refractivity contribution in [2.45, 2.75) is 13.0 Å². The molecule has 0 atom stereocenters. The minimum atomic E-state index is -0.434. The lowest BCUT2D eigenvalue weighted by molar-refractivity contribution is -0.145.